The fraction of sp³-hybridized carbons (Fsp3) is 0.179. The molecule has 1 atom stereocenters. The molecule has 1 aliphatic carbocycles. The van der Waals surface area contributed by atoms with E-state index in [0.29, 0.717) is 10.6 Å². The summed E-state index contributed by atoms with van der Waals surface area (Å²) < 4.78 is 12.3. The van der Waals surface area contributed by atoms with Gasteiger partial charge in [-0.05, 0) is 35.2 Å². The topological polar surface area (TPSA) is 55.8 Å². The van der Waals surface area contributed by atoms with Crippen LogP contribution in [0.5, 0.6) is 0 Å². The predicted octanol–water partition coefficient (Wildman–Crippen LogP) is 8.83. The van der Waals surface area contributed by atoms with Crippen molar-refractivity contribution in [1.82, 2.24) is 4.90 Å². The van der Waals surface area contributed by atoms with Gasteiger partial charge in [-0.2, -0.15) is 0 Å². The summed E-state index contributed by atoms with van der Waals surface area (Å²) in [5, 5.41) is 0.474. The van der Waals surface area contributed by atoms with Gasteiger partial charge in [-0.15, -0.1) is 0 Å². The molecule has 0 saturated carbocycles. The molecule has 0 saturated heterocycles. The Kier molecular flexibility index (Phi) is 8.72. The number of nitrogens with zero attached hydrogens (tertiary/aromatic N) is 1. The number of ether oxygens (including phenoxy) is 2. The zero-order chi connectivity index (χ0) is 31.4. The lowest BCUT2D eigenvalue weighted by Gasteiger charge is -2.36. The Balaban J connectivity index is 1.21. The number of hydrogen-bond acceptors (Lipinski definition) is 4. The van der Waals surface area contributed by atoms with E-state index in [1.165, 1.54) is 4.90 Å². The van der Waals surface area contributed by atoms with E-state index in [-0.39, 0.29) is 18.9 Å². The molecule has 6 rings (SSSR count). The smallest absolute Gasteiger partial charge is 0.409 e. The number of hydrogen-bond donors (Lipinski definition) is 0. The number of carbonyl (C=O) groups is 2. The van der Waals surface area contributed by atoms with Crippen LogP contribution in [0.1, 0.15) is 47.1 Å². The summed E-state index contributed by atoms with van der Waals surface area (Å²) in [4.78, 5) is 28.6. The highest BCUT2D eigenvalue weighted by Crippen LogP contribution is 2.45. The maximum Gasteiger partial charge on any atom is 0.409 e. The van der Waals surface area contributed by atoms with Crippen molar-refractivity contribution in [2.45, 2.75) is 30.9 Å². The van der Waals surface area contributed by atoms with Crippen LogP contribution < -0.4 is 0 Å². The van der Waals surface area contributed by atoms with Gasteiger partial charge in [0.1, 0.15) is 6.61 Å². The predicted molar refractivity (Wildman–Crippen MR) is 177 cm³/mol. The van der Waals surface area contributed by atoms with Crippen molar-refractivity contribution in [3.63, 3.8) is 0 Å². The fourth-order valence-electron chi connectivity index (χ4n) is 6.21. The van der Waals surface area contributed by atoms with E-state index in [9.17, 15) is 9.59 Å². The second kappa shape index (κ2) is 13.0. The summed E-state index contributed by atoms with van der Waals surface area (Å²) in [5.41, 5.74) is 5.47. The lowest BCUT2D eigenvalue weighted by atomic mass is 9.80. The van der Waals surface area contributed by atoms with Crippen LogP contribution in [0.4, 0.5) is 4.79 Å². The summed E-state index contributed by atoms with van der Waals surface area (Å²) in [6.45, 7) is 2.01. The lowest BCUT2D eigenvalue weighted by Crippen LogP contribution is -2.40. The molecule has 45 heavy (non-hydrogen) atoms. The molecule has 0 N–H and O–H groups in total. The van der Waals surface area contributed by atoms with Gasteiger partial charge in [0.2, 0.25) is 0 Å². The van der Waals surface area contributed by atoms with E-state index in [4.69, 9.17) is 21.1 Å². The molecular formula is C39H34ClNO4. The number of halogens is 1. The van der Waals surface area contributed by atoms with E-state index in [1.807, 2.05) is 110 Å². The highest BCUT2D eigenvalue weighted by atomic mass is 35.5. The summed E-state index contributed by atoms with van der Waals surface area (Å²) in [7, 11) is 1.65. The van der Waals surface area contributed by atoms with Crippen molar-refractivity contribution in [3.05, 3.63) is 166 Å². The molecule has 1 amide bonds. The van der Waals surface area contributed by atoms with Gasteiger partial charge in [0.15, 0.2) is 5.60 Å². The third kappa shape index (κ3) is 5.84. The van der Waals surface area contributed by atoms with Crippen LogP contribution in [0.3, 0.4) is 0 Å². The average Bonchev–Trinajstić information content (AvgIpc) is 3.40. The molecule has 0 bridgehead atoms. The first-order chi connectivity index (χ1) is 21.9. The van der Waals surface area contributed by atoms with Crippen LogP contribution in [0.25, 0.3) is 11.1 Å². The summed E-state index contributed by atoms with van der Waals surface area (Å²) in [6, 6.07) is 42.5. The van der Waals surface area contributed by atoms with E-state index < -0.39 is 23.7 Å². The molecule has 0 aromatic heterocycles. The van der Waals surface area contributed by atoms with Crippen molar-refractivity contribution in [1.29, 1.82) is 0 Å². The average molecular weight is 616 g/mol. The molecule has 0 heterocycles. The second-order valence-corrected chi connectivity index (χ2v) is 11.7. The van der Waals surface area contributed by atoms with E-state index in [1.54, 1.807) is 13.1 Å². The normalized spacial score (nSPS) is 13.0. The SMILES string of the molecule is C[C@H](CC(=O)OC(c1ccccc1)(c1ccccc1)c1ccccc1Cl)N(C)C(=O)OCC1c2ccccc2-c2ccccc21. The number of carbonyl (C=O) groups excluding carboxylic acids is 2. The van der Waals surface area contributed by atoms with E-state index >= 15 is 0 Å². The first-order valence-corrected chi connectivity index (χ1v) is 15.4. The number of esters is 1. The minimum Gasteiger partial charge on any atom is -0.448 e. The molecule has 0 fully saturated rings. The van der Waals surface area contributed by atoms with Gasteiger partial charge in [0.05, 0.1) is 6.42 Å². The maximum atomic E-state index is 13.8. The molecule has 6 heteroatoms. The molecular weight excluding hydrogens is 582 g/mol. The molecule has 0 aliphatic heterocycles. The minimum absolute atomic E-state index is 0.0490. The summed E-state index contributed by atoms with van der Waals surface area (Å²) in [6.07, 6.45) is -0.548. The summed E-state index contributed by atoms with van der Waals surface area (Å²) >= 11 is 6.78. The van der Waals surface area contributed by atoms with Gasteiger partial charge >= 0.3 is 12.1 Å². The van der Waals surface area contributed by atoms with Crippen LogP contribution in [-0.2, 0) is 19.9 Å². The Morgan fingerprint density at radius 2 is 1.22 bits per heavy atom. The first kappa shape index (κ1) is 30.2. The summed E-state index contributed by atoms with van der Waals surface area (Å²) in [5.74, 6) is -0.531. The Hall–Kier alpha value is -4.87. The van der Waals surface area contributed by atoms with E-state index in [2.05, 4.69) is 24.3 Å². The van der Waals surface area contributed by atoms with Gasteiger partial charge in [0, 0.05) is 40.7 Å². The molecule has 0 unspecified atom stereocenters. The second-order valence-electron chi connectivity index (χ2n) is 11.3. The quantitative estimate of drug-likeness (QED) is 0.123. The van der Waals surface area contributed by atoms with Crippen LogP contribution in [-0.4, -0.2) is 36.7 Å². The highest BCUT2D eigenvalue weighted by Gasteiger charge is 2.42. The molecule has 5 nitrogen and oxygen atoms in total. The standard InChI is InChI=1S/C39H34ClNO4/c1-27(41(2)38(43)44-26-34-32-21-11-9-19-30(32)31-20-10-12-22-33(31)34)25-37(42)45-39(28-15-5-3-6-16-28,29-17-7-4-8-18-29)35-23-13-14-24-36(35)40/h3-24,27,34H,25-26H2,1-2H3/t27-/m1/s1. The monoisotopic (exact) mass is 615 g/mol. The molecule has 0 radical (unpaired) electrons. The number of rotatable bonds is 9. The van der Waals surface area contributed by atoms with Crippen molar-refractivity contribution in [2.75, 3.05) is 13.7 Å². The van der Waals surface area contributed by atoms with Crippen molar-refractivity contribution >= 4 is 23.7 Å². The minimum atomic E-state index is -1.31. The molecule has 226 valence electrons. The van der Waals surface area contributed by atoms with Gasteiger partial charge in [-0.3, -0.25) is 4.79 Å². The van der Waals surface area contributed by atoms with Crippen LogP contribution in [0.15, 0.2) is 133 Å². The third-order valence-corrected chi connectivity index (χ3v) is 8.96. The Labute approximate surface area is 269 Å². The van der Waals surface area contributed by atoms with Crippen LogP contribution in [0.2, 0.25) is 5.02 Å². The van der Waals surface area contributed by atoms with Crippen LogP contribution >= 0.6 is 11.6 Å². The zero-order valence-corrected chi connectivity index (χ0v) is 26.0. The largest absolute Gasteiger partial charge is 0.448 e. The lowest BCUT2D eigenvalue weighted by molar-refractivity contribution is -0.154. The van der Waals surface area contributed by atoms with Gasteiger partial charge in [-0.1, -0.05) is 139 Å². The first-order valence-electron chi connectivity index (χ1n) is 15.1. The fourth-order valence-corrected chi connectivity index (χ4v) is 6.48. The van der Waals surface area contributed by atoms with Crippen molar-refractivity contribution < 1.29 is 19.1 Å². The maximum absolute atomic E-state index is 13.8. The zero-order valence-electron chi connectivity index (χ0n) is 25.2. The molecule has 5 aromatic carbocycles. The third-order valence-electron chi connectivity index (χ3n) is 8.63. The number of fused-ring (bicyclic) bond motifs is 3. The number of amides is 1. The van der Waals surface area contributed by atoms with Crippen molar-refractivity contribution in [3.8, 4) is 11.1 Å². The Morgan fingerprint density at radius 3 is 1.78 bits per heavy atom. The number of benzene rings is 5. The van der Waals surface area contributed by atoms with Gasteiger partial charge in [0.25, 0.3) is 0 Å². The Morgan fingerprint density at radius 1 is 0.733 bits per heavy atom. The van der Waals surface area contributed by atoms with E-state index in [0.717, 1.165) is 33.4 Å². The molecule has 1 aliphatic rings. The molecule has 0 spiro atoms. The van der Waals surface area contributed by atoms with Gasteiger partial charge < -0.3 is 14.4 Å². The molecule has 5 aromatic rings. The van der Waals surface area contributed by atoms with Crippen molar-refractivity contribution in [2.24, 2.45) is 0 Å². The van der Waals surface area contributed by atoms with Gasteiger partial charge in [-0.25, -0.2) is 4.79 Å². The Bertz CT molecular complexity index is 1720. The highest BCUT2D eigenvalue weighted by molar-refractivity contribution is 6.31. The van der Waals surface area contributed by atoms with Crippen LogP contribution in [0, 0.1) is 0 Å².